The molecule has 3 rings (SSSR count). The van der Waals surface area contributed by atoms with E-state index in [1.165, 1.54) is 0 Å². The van der Waals surface area contributed by atoms with Gasteiger partial charge in [-0.1, -0.05) is 13.3 Å². The minimum Gasteiger partial charge on any atom is -0.497 e. The van der Waals surface area contributed by atoms with Gasteiger partial charge in [0.2, 0.25) is 0 Å². The summed E-state index contributed by atoms with van der Waals surface area (Å²) < 4.78 is 16.6. The minimum absolute atomic E-state index is 0.0953. The fourth-order valence-electron chi connectivity index (χ4n) is 3.96. The molecule has 0 unspecified atom stereocenters. The summed E-state index contributed by atoms with van der Waals surface area (Å²) >= 11 is 0. The smallest absolute Gasteiger partial charge is 0.338 e. The van der Waals surface area contributed by atoms with Crippen molar-refractivity contribution in [1.82, 2.24) is 10.6 Å². The molecular formula is C21H28N2O5. The summed E-state index contributed by atoms with van der Waals surface area (Å²) in [5, 5.41) is 5.50. The van der Waals surface area contributed by atoms with Crippen molar-refractivity contribution in [1.29, 1.82) is 0 Å². The SMILES string of the molecule is COc1ccc(OC)c([C@H]2NC(=O)NC(C)=C2C(=O)O[C@@H]2CCC[C@@H](C)C2)c1. The zero-order valence-electron chi connectivity index (χ0n) is 16.8. The second-order valence-corrected chi connectivity index (χ2v) is 7.48. The van der Waals surface area contributed by atoms with Gasteiger partial charge in [0, 0.05) is 11.3 Å². The Morgan fingerprint density at radius 1 is 1.18 bits per heavy atom. The Morgan fingerprint density at radius 2 is 1.96 bits per heavy atom. The van der Waals surface area contributed by atoms with Crippen LogP contribution in [0.2, 0.25) is 0 Å². The van der Waals surface area contributed by atoms with Crippen LogP contribution in [0.4, 0.5) is 4.79 Å². The molecule has 0 bridgehead atoms. The molecule has 1 aliphatic heterocycles. The lowest BCUT2D eigenvalue weighted by Crippen LogP contribution is -2.45. The van der Waals surface area contributed by atoms with Crippen LogP contribution in [-0.2, 0) is 9.53 Å². The number of carbonyl (C=O) groups is 2. The maximum atomic E-state index is 13.1. The Morgan fingerprint density at radius 3 is 2.64 bits per heavy atom. The maximum absolute atomic E-state index is 13.1. The fraction of sp³-hybridized carbons (Fsp3) is 0.524. The van der Waals surface area contributed by atoms with E-state index in [0.29, 0.717) is 34.3 Å². The van der Waals surface area contributed by atoms with Gasteiger partial charge in [0.1, 0.15) is 17.6 Å². The Balaban J connectivity index is 1.94. The quantitative estimate of drug-likeness (QED) is 0.755. The molecule has 1 fully saturated rings. The van der Waals surface area contributed by atoms with Crippen LogP contribution in [0.15, 0.2) is 29.5 Å². The number of methoxy groups -OCH3 is 2. The number of hydrogen-bond acceptors (Lipinski definition) is 5. The van der Waals surface area contributed by atoms with Gasteiger partial charge in [-0.2, -0.15) is 0 Å². The Kier molecular flexibility index (Phi) is 6.11. The van der Waals surface area contributed by atoms with Crippen LogP contribution in [0.1, 0.15) is 51.1 Å². The van der Waals surface area contributed by atoms with E-state index in [1.807, 2.05) is 0 Å². The second-order valence-electron chi connectivity index (χ2n) is 7.48. The van der Waals surface area contributed by atoms with Gasteiger partial charge in [0.15, 0.2) is 0 Å². The van der Waals surface area contributed by atoms with Gasteiger partial charge in [0.25, 0.3) is 0 Å². The summed E-state index contributed by atoms with van der Waals surface area (Å²) in [5.74, 6) is 1.28. The summed E-state index contributed by atoms with van der Waals surface area (Å²) in [7, 11) is 3.11. The van der Waals surface area contributed by atoms with Gasteiger partial charge < -0.3 is 24.8 Å². The first-order chi connectivity index (χ1) is 13.4. The zero-order valence-corrected chi connectivity index (χ0v) is 16.8. The lowest BCUT2D eigenvalue weighted by atomic mass is 9.88. The van der Waals surface area contributed by atoms with Crippen molar-refractivity contribution in [2.24, 2.45) is 5.92 Å². The molecule has 0 spiro atoms. The Hall–Kier alpha value is -2.70. The highest BCUT2D eigenvalue weighted by Gasteiger charge is 2.35. The summed E-state index contributed by atoms with van der Waals surface area (Å²) in [4.78, 5) is 25.2. The largest absolute Gasteiger partial charge is 0.497 e. The summed E-state index contributed by atoms with van der Waals surface area (Å²) in [6, 6.07) is 4.22. The van der Waals surface area contributed by atoms with Gasteiger partial charge in [0.05, 0.1) is 25.8 Å². The highest BCUT2D eigenvalue weighted by atomic mass is 16.5. The van der Waals surface area contributed by atoms with Crippen LogP contribution >= 0.6 is 0 Å². The molecule has 3 atom stereocenters. The van der Waals surface area contributed by atoms with Crippen molar-refractivity contribution in [3.63, 3.8) is 0 Å². The third-order valence-electron chi connectivity index (χ3n) is 5.40. The first kappa shape index (κ1) is 20.0. The molecule has 152 valence electrons. The van der Waals surface area contributed by atoms with Crippen molar-refractivity contribution in [3.05, 3.63) is 35.0 Å². The highest BCUT2D eigenvalue weighted by Crippen LogP contribution is 2.36. The number of nitrogens with one attached hydrogen (secondary N) is 2. The van der Waals surface area contributed by atoms with Gasteiger partial charge >= 0.3 is 12.0 Å². The lowest BCUT2D eigenvalue weighted by Gasteiger charge is -2.31. The average Bonchev–Trinajstić information content (AvgIpc) is 2.66. The standard InChI is InChI=1S/C21H28N2O5/c1-12-6-5-7-15(10-12)28-20(24)18-13(2)22-21(25)23-19(18)16-11-14(26-3)8-9-17(16)27-4/h8-9,11-12,15,19H,5-7,10H2,1-4H3,(H2,22,23,25)/t12-,15-,19-/m1/s1. The molecule has 1 saturated carbocycles. The molecule has 2 amide bonds. The van der Waals surface area contributed by atoms with Crippen molar-refractivity contribution in [2.45, 2.75) is 51.7 Å². The van der Waals surface area contributed by atoms with E-state index in [2.05, 4.69) is 17.6 Å². The summed E-state index contributed by atoms with van der Waals surface area (Å²) in [6.45, 7) is 3.88. The first-order valence-electron chi connectivity index (χ1n) is 9.64. The topological polar surface area (TPSA) is 85.9 Å². The highest BCUT2D eigenvalue weighted by molar-refractivity contribution is 5.95. The first-order valence-corrected chi connectivity index (χ1v) is 9.64. The molecule has 28 heavy (non-hydrogen) atoms. The van der Waals surface area contributed by atoms with Crippen molar-refractivity contribution >= 4 is 12.0 Å². The Labute approximate surface area is 165 Å². The molecule has 1 aromatic carbocycles. The third kappa shape index (κ3) is 4.24. The van der Waals surface area contributed by atoms with E-state index in [1.54, 1.807) is 39.3 Å². The number of benzene rings is 1. The van der Waals surface area contributed by atoms with E-state index >= 15 is 0 Å². The lowest BCUT2D eigenvalue weighted by molar-refractivity contribution is -0.146. The number of carbonyl (C=O) groups excluding carboxylic acids is 2. The predicted octanol–water partition coefficient (Wildman–Crippen LogP) is 3.45. The molecule has 2 N–H and O–H groups in total. The number of ether oxygens (including phenoxy) is 3. The predicted molar refractivity (Wildman–Crippen MR) is 104 cm³/mol. The van der Waals surface area contributed by atoms with Crippen molar-refractivity contribution in [3.8, 4) is 11.5 Å². The van der Waals surface area contributed by atoms with Gasteiger partial charge in [-0.3, -0.25) is 0 Å². The monoisotopic (exact) mass is 388 g/mol. The molecule has 2 aliphatic rings. The van der Waals surface area contributed by atoms with E-state index in [0.717, 1.165) is 25.7 Å². The number of urea groups is 1. The molecule has 7 nitrogen and oxygen atoms in total. The van der Waals surface area contributed by atoms with Crippen LogP contribution in [-0.4, -0.2) is 32.3 Å². The van der Waals surface area contributed by atoms with E-state index < -0.39 is 12.0 Å². The van der Waals surface area contributed by atoms with Gasteiger partial charge in [-0.15, -0.1) is 0 Å². The molecule has 1 heterocycles. The number of hydrogen-bond donors (Lipinski definition) is 2. The Bertz CT molecular complexity index is 789. The van der Waals surface area contributed by atoms with Gasteiger partial charge in [-0.25, -0.2) is 9.59 Å². The molecule has 1 aromatic rings. The van der Waals surface area contributed by atoms with E-state index in [9.17, 15) is 9.59 Å². The molecule has 0 radical (unpaired) electrons. The number of allylic oxidation sites excluding steroid dienone is 1. The molecule has 0 aromatic heterocycles. The van der Waals surface area contributed by atoms with Gasteiger partial charge in [-0.05, 0) is 50.3 Å². The molecule has 0 saturated heterocycles. The van der Waals surface area contributed by atoms with Crippen LogP contribution in [0, 0.1) is 5.92 Å². The third-order valence-corrected chi connectivity index (χ3v) is 5.40. The normalized spacial score (nSPS) is 24.9. The molecule has 7 heteroatoms. The van der Waals surface area contributed by atoms with Crippen molar-refractivity contribution < 1.29 is 23.8 Å². The number of rotatable bonds is 5. The average molecular weight is 388 g/mol. The van der Waals surface area contributed by atoms with Crippen molar-refractivity contribution in [2.75, 3.05) is 14.2 Å². The van der Waals surface area contributed by atoms with Crippen LogP contribution < -0.4 is 20.1 Å². The zero-order chi connectivity index (χ0) is 20.3. The fourth-order valence-corrected chi connectivity index (χ4v) is 3.96. The van der Waals surface area contributed by atoms with Crippen LogP contribution in [0.25, 0.3) is 0 Å². The molecular weight excluding hydrogens is 360 g/mol. The second kappa shape index (κ2) is 8.54. The number of amides is 2. The molecule has 1 aliphatic carbocycles. The minimum atomic E-state index is -0.688. The van der Waals surface area contributed by atoms with E-state index in [4.69, 9.17) is 14.2 Å². The van der Waals surface area contributed by atoms with Crippen LogP contribution in [0.5, 0.6) is 11.5 Å². The maximum Gasteiger partial charge on any atom is 0.338 e. The number of esters is 1. The van der Waals surface area contributed by atoms with E-state index in [-0.39, 0.29) is 12.1 Å². The van der Waals surface area contributed by atoms with Crippen LogP contribution in [0.3, 0.4) is 0 Å². The summed E-state index contributed by atoms with van der Waals surface area (Å²) in [5.41, 5.74) is 1.50. The summed E-state index contributed by atoms with van der Waals surface area (Å²) in [6.07, 6.45) is 3.86.